The molecule has 0 spiro atoms. The van der Waals surface area contributed by atoms with Gasteiger partial charge in [0.15, 0.2) is 0 Å². The van der Waals surface area contributed by atoms with Crippen LogP contribution in [-0.4, -0.2) is 10.7 Å². The SMILES string of the molecule is C#CC1(O)CCC2C3CCC4CCCCC4C3CCC21C. The molecule has 0 bridgehead atoms. The van der Waals surface area contributed by atoms with Crippen molar-refractivity contribution in [2.24, 2.45) is 35.0 Å². The highest BCUT2D eigenvalue weighted by Crippen LogP contribution is 2.65. The van der Waals surface area contributed by atoms with E-state index >= 15 is 0 Å². The van der Waals surface area contributed by atoms with Crippen LogP contribution in [0.4, 0.5) is 0 Å². The molecule has 0 radical (unpaired) electrons. The highest BCUT2D eigenvalue weighted by Gasteiger charge is 2.62. The predicted octanol–water partition coefficient (Wildman–Crippen LogP) is 4.39. The molecule has 0 amide bonds. The molecule has 0 saturated heterocycles. The van der Waals surface area contributed by atoms with Crippen LogP contribution in [0.25, 0.3) is 0 Å². The standard InChI is InChI=1S/C20H30O/c1-3-20(21)13-11-18-17-9-8-14-6-4-5-7-15(14)16(17)10-12-19(18,20)2/h1,14-18,21H,4-13H2,2H3. The van der Waals surface area contributed by atoms with Crippen molar-refractivity contribution in [3.05, 3.63) is 0 Å². The van der Waals surface area contributed by atoms with Crippen LogP contribution >= 0.6 is 0 Å². The second-order valence-corrected chi connectivity index (χ2v) is 8.72. The predicted molar refractivity (Wildman–Crippen MR) is 85.5 cm³/mol. The van der Waals surface area contributed by atoms with E-state index in [1.54, 1.807) is 0 Å². The van der Waals surface area contributed by atoms with Crippen LogP contribution in [0.1, 0.15) is 71.1 Å². The summed E-state index contributed by atoms with van der Waals surface area (Å²) in [6.45, 7) is 2.30. The second-order valence-electron chi connectivity index (χ2n) is 8.72. The Labute approximate surface area is 129 Å². The molecule has 1 heteroatoms. The minimum absolute atomic E-state index is 0.00950. The van der Waals surface area contributed by atoms with E-state index < -0.39 is 5.60 Å². The molecule has 0 aromatic heterocycles. The topological polar surface area (TPSA) is 20.2 Å². The normalized spacial score (nSPS) is 56.0. The van der Waals surface area contributed by atoms with Gasteiger partial charge in [-0.15, -0.1) is 6.42 Å². The van der Waals surface area contributed by atoms with E-state index in [1.165, 1.54) is 44.9 Å². The second kappa shape index (κ2) is 4.76. The van der Waals surface area contributed by atoms with Gasteiger partial charge in [0.2, 0.25) is 0 Å². The van der Waals surface area contributed by atoms with Crippen molar-refractivity contribution in [1.29, 1.82) is 0 Å². The summed E-state index contributed by atoms with van der Waals surface area (Å²) in [6.07, 6.45) is 19.0. The molecule has 116 valence electrons. The van der Waals surface area contributed by atoms with Crippen molar-refractivity contribution in [2.45, 2.75) is 76.7 Å². The number of hydrogen-bond donors (Lipinski definition) is 1. The van der Waals surface area contributed by atoms with E-state index in [-0.39, 0.29) is 5.41 Å². The minimum atomic E-state index is -0.827. The van der Waals surface area contributed by atoms with Gasteiger partial charge in [-0.25, -0.2) is 0 Å². The molecule has 1 N–H and O–H groups in total. The van der Waals surface area contributed by atoms with Gasteiger partial charge < -0.3 is 5.11 Å². The zero-order valence-electron chi connectivity index (χ0n) is 13.5. The molecule has 4 fully saturated rings. The Hall–Kier alpha value is -0.480. The van der Waals surface area contributed by atoms with Crippen LogP contribution in [0.3, 0.4) is 0 Å². The maximum Gasteiger partial charge on any atom is 0.130 e. The molecule has 4 rings (SSSR count). The Balaban J connectivity index is 1.62. The zero-order chi connectivity index (χ0) is 14.7. The molecule has 4 aliphatic carbocycles. The zero-order valence-corrected chi connectivity index (χ0v) is 13.5. The first-order chi connectivity index (χ1) is 10.1. The summed E-state index contributed by atoms with van der Waals surface area (Å²) < 4.78 is 0. The van der Waals surface area contributed by atoms with Crippen LogP contribution in [0, 0.1) is 47.3 Å². The summed E-state index contributed by atoms with van der Waals surface area (Å²) in [4.78, 5) is 0. The molecule has 0 aliphatic heterocycles. The largest absolute Gasteiger partial charge is 0.377 e. The minimum Gasteiger partial charge on any atom is -0.377 e. The molecule has 0 heterocycles. The lowest BCUT2D eigenvalue weighted by Gasteiger charge is -2.56. The van der Waals surface area contributed by atoms with E-state index in [1.807, 2.05) is 0 Å². The Kier molecular flexibility index (Phi) is 3.20. The molecular weight excluding hydrogens is 256 g/mol. The Morgan fingerprint density at radius 1 is 0.905 bits per heavy atom. The molecule has 4 aliphatic rings. The number of terminal acetylenes is 1. The monoisotopic (exact) mass is 286 g/mol. The van der Waals surface area contributed by atoms with Crippen LogP contribution in [-0.2, 0) is 0 Å². The quantitative estimate of drug-likeness (QED) is 0.655. The Morgan fingerprint density at radius 3 is 2.52 bits per heavy atom. The van der Waals surface area contributed by atoms with Crippen molar-refractivity contribution in [1.82, 2.24) is 0 Å². The van der Waals surface area contributed by atoms with Gasteiger partial charge in [0, 0.05) is 5.41 Å². The molecule has 7 unspecified atom stereocenters. The lowest BCUT2D eigenvalue weighted by Crippen LogP contribution is -2.52. The average molecular weight is 286 g/mol. The number of hydrogen-bond acceptors (Lipinski definition) is 1. The van der Waals surface area contributed by atoms with Crippen LogP contribution in [0.5, 0.6) is 0 Å². The summed E-state index contributed by atoms with van der Waals surface area (Å²) in [7, 11) is 0. The maximum absolute atomic E-state index is 10.9. The first-order valence-electron chi connectivity index (χ1n) is 9.29. The number of rotatable bonds is 0. The Morgan fingerprint density at radius 2 is 1.71 bits per heavy atom. The fourth-order valence-corrected chi connectivity index (χ4v) is 7.08. The molecule has 7 atom stereocenters. The average Bonchev–Trinajstić information content (AvgIpc) is 2.79. The summed E-state index contributed by atoms with van der Waals surface area (Å²) in [5.74, 6) is 7.29. The van der Waals surface area contributed by atoms with E-state index in [4.69, 9.17) is 6.42 Å². The van der Waals surface area contributed by atoms with Gasteiger partial charge in [-0.3, -0.25) is 0 Å². The van der Waals surface area contributed by atoms with Crippen LogP contribution < -0.4 is 0 Å². The van der Waals surface area contributed by atoms with Crippen molar-refractivity contribution in [2.75, 3.05) is 0 Å². The molecule has 4 saturated carbocycles. The highest BCUT2D eigenvalue weighted by molar-refractivity contribution is 5.23. The molecule has 21 heavy (non-hydrogen) atoms. The fourth-order valence-electron chi connectivity index (χ4n) is 7.08. The third-order valence-electron chi connectivity index (χ3n) is 8.27. The van der Waals surface area contributed by atoms with Gasteiger partial charge in [-0.2, -0.15) is 0 Å². The molecule has 0 aromatic carbocycles. The first kappa shape index (κ1) is 14.1. The lowest BCUT2D eigenvalue weighted by molar-refractivity contribution is -0.104. The Bertz CT molecular complexity index is 463. The fraction of sp³-hybridized carbons (Fsp3) is 0.900. The molecule has 0 aromatic rings. The van der Waals surface area contributed by atoms with Gasteiger partial charge >= 0.3 is 0 Å². The number of fused-ring (bicyclic) bond motifs is 5. The third kappa shape index (κ3) is 1.81. The van der Waals surface area contributed by atoms with Crippen molar-refractivity contribution >= 4 is 0 Å². The highest BCUT2D eigenvalue weighted by atomic mass is 16.3. The van der Waals surface area contributed by atoms with Crippen molar-refractivity contribution in [3.8, 4) is 12.3 Å². The number of aliphatic hydroxyl groups is 1. The molecular formula is C20H30O. The van der Waals surface area contributed by atoms with Gasteiger partial charge in [0.25, 0.3) is 0 Å². The van der Waals surface area contributed by atoms with E-state index in [9.17, 15) is 5.11 Å². The van der Waals surface area contributed by atoms with E-state index in [0.717, 1.165) is 42.9 Å². The summed E-state index contributed by atoms with van der Waals surface area (Å²) in [5.41, 5.74) is -0.837. The summed E-state index contributed by atoms with van der Waals surface area (Å²) in [6, 6.07) is 0. The van der Waals surface area contributed by atoms with Crippen LogP contribution in [0.2, 0.25) is 0 Å². The van der Waals surface area contributed by atoms with Gasteiger partial charge in [0.05, 0.1) is 0 Å². The van der Waals surface area contributed by atoms with E-state index in [0.29, 0.717) is 5.92 Å². The van der Waals surface area contributed by atoms with Crippen molar-refractivity contribution < 1.29 is 5.11 Å². The van der Waals surface area contributed by atoms with Crippen LogP contribution in [0.15, 0.2) is 0 Å². The van der Waals surface area contributed by atoms with Gasteiger partial charge in [0.1, 0.15) is 5.60 Å². The summed E-state index contributed by atoms with van der Waals surface area (Å²) in [5, 5.41) is 10.9. The smallest absolute Gasteiger partial charge is 0.130 e. The van der Waals surface area contributed by atoms with Gasteiger partial charge in [-0.1, -0.05) is 32.1 Å². The van der Waals surface area contributed by atoms with Crippen molar-refractivity contribution in [3.63, 3.8) is 0 Å². The lowest BCUT2D eigenvalue weighted by atomic mass is 9.49. The summed E-state index contributed by atoms with van der Waals surface area (Å²) >= 11 is 0. The van der Waals surface area contributed by atoms with E-state index in [2.05, 4.69) is 12.8 Å². The maximum atomic E-state index is 10.9. The third-order valence-corrected chi connectivity index (χ3v) is 8.27. The first-order valence-corrected chi connectivity index (χ1v) is 9.29. The van der Waals surface area contributed by atoms with Gasteiger partial charge in [-0.05, 0) is 74.5 Å². The molecule has 1 nitrogen and oxygen atoms in total.